The van der Waals surface area contributed by atoms with Crippen molar-refractivity contribution in [3.05, 3.63) is 146 Å². The molecule has 0 spiro atoms. The van der Waals surface area contributed by atoms with Gasteiger partial charge in [0.1, 0.15) is 11.2 Å². The topological polar surface area (TPSA) is 23.0 Å². The fourth-order valence-corrected chi connectivity index (χ4v) is 8.88. The zero-order valence-corrected chi connectivity index (χ0v) is 25.4. The Morgan fingerprint density at radius 1 is 0.447 bits per heavy atom. The van der Waals surface area contributed by atoms with Gasteiger partial charge >= 0.3 is 0 Å². The van der Waals surface area contributed by atoms with E-state index in [0.717, 1.165) is 49.7 Å². The van der Waals surface area contributed by atoms with Gasteiger partial charge in [-0.05, 0) is 60.7 Å². The van der Waals surface area contributed by atoms with Crippen molar-refractivity contribution < 1.29 is 4.42 Å². The molecular formula is C43H28N2OS. The number of rotatable bonds is 2. The zero-order chi connectivity index (χ0) is 29.9. The van der Waals surface area contributed by atoms with Crippen LogP contribution in [0.15, 0.2) is 150 Å². The van der Waals surface area contributed by atoms with Gasteiger partial charge in [0.15, 0.2) is 0 Å². The molecule has 4 heteroatoms. The van der Waals surface area contributed by atoms with E-state index in [1.165, 1.54) is 47.4 Å². The van der Waals surface area contributed by atoms with Crippen molar-refractivity contribution in [2.45, 2.75) is 7.43 Å². The highest BCUT2D eigenvalue weighted by molar-refractivity contribution is 7.25. The first-order valence-electron chi connectivity index (χ1n) is 15.6. The highest BCUT2D eigenvalue weighted by atomic mass is 32.1. The van der Waals surface area contributed by atoms with Crippen LogP contribution in [0.25, 0.3) is 97.1 Å². The summed E-state index contributed by atoms with van der Waals surface area (Å²) in [5, 5.41) is 9.69. The Bertz CT molecular complexity index is 2990. The third-order valence-corrected chi connectivity index (χ3v) is 10.9. The van der Waals surface area contributed by atoms with Crippen molar-refractivity contribution >= 4 is 97.1 Å². The van der Waals surface area contributed by atoms with Crippen molar-refractivity contribution in [3.8, 4) is 11.4 Å². The molecule has 47 heavy (non-hydrogen) atoms. The number of hydrogen-bond donors (Lipinski definition) is 0. The van der Waals surface area contributed by atoms with Gasteiger partial charge in [-0.3, -0.25) is 0 Å². The fourth-order valence-electron chi connectivity index (χ4n) is 7.80. The Morgan fingerprint density at radius 2 is 1.11 bits per heavy atom. The van der Waals surface area contributed by atoms with Gasteiger partial charge < -0.3 is 13.6 Å². The maximum atomic E-state index is 6.69. The van der Waals surface area contributed by atoms with Crippen LogP contribution in [0.4, 0.5) is 0 Å². The summed E-state index contributed by atoms with van der Waals surface area (Å²) < 4.78 is 14.2. The van der Waals surface area contributed by atoms with E-state index < -0.39 is 0 Å². The van der Waals surface area contributed by atoms with Crippen LogP contribution in [0.5, 0.6) is 0 Å². The average Bonchev–Trinajstić information content (AvgIpc) is 3.85. The van der Waals surface area contributed by atoms with Crippen LogP contribution in [0.2, 0.25) is 0 Å². The minimum absolute atomic E-state index is 0. The van der Waals surface area contributed by atoms with Crippen LogP contribution in [0.3, 0.4) is 0 Å². The Morgan fingerprint density at radius 3 is 1.91 bits per heavy atom. The SMILES string of the molecule is C.c1ccc2c(c1)oc1c2ccc2c1c1cccc(-n3c4ccccc4c4ccccc43)c1n2-c1ccc2sc3ccccc3c2c1. The number of benzene rings is 7. The molecule has 0 aliphatic carbocycles. The Kier molecular flexibility index (Phi) is 5.38. The van der Waals surface area contributed by atoms with Gasteiger partial charge in [-0.15, -0.1) is 11.3 Å². The van der Waals surface area contributed by atoms with Crippen molar-refractivity contribution in [2.24, 2.45) is 0 Å². The number of thiophene rings is 1. The largest absolute Gasteiger partial charge is 0.455 e. The lowest BCUT2D eigenvalue weighted by Crippen LogP contribution is -2.00. The van der Waals surface area contributed by atoms with E-state index in [-0.39, 0.29) is 7.43 Å². The van der Waals surface area contributed by atoms with E-state index in [2.05, 4.69) is 149 Å². The van der Waals surface area contributed by atoms with Crippen LogP contribution in [0.1, 0.15) is 7.43 Å². The molecule has 3 nitrogen and oxygen atoms in total. The molecule has 0 radical (unpaired) electrons. The number of para-hydroxylation sites is 4. The second-order valence-electron chi connectivity index (χ2n) is 12.1. The van der Waals surface area contributed by atoms with E-state index in [0.29, 0.717) is 0 Å². The summed E-state index contributed by atoms with van der Waals surface area (Å²) in [6.07, 6.45) is 0. The number of fused-ring (bicyclic) bond motifs is 13. The lowest BCUT2D eigenvalue weighted by molar-refractivity contribution is 0.673. The van der Waals surface area contributed by atoms with Gasteiger partial charge in [-0.25, -0.2) is 0 Å². The molecule has 4 heterocycles. The first-order chi connectivity index (χ1) is 22.8. The summed E-state index contributed by atoms with van der Waals surface area (Å²) in [4.78, 5) is 0. The molecule has 0 saturated heterocycles. The van der Waals surface area contributed by atoms with Crippen LogP contribution < -0.4 is 0 Å². The Labute approximate surface area is 274 Å². The monoisotopic (exact) mass is 620 g/mol. The Hall–Kier alpha value is -5.84. The van der Waals surface area contributed by atoms with Crippen LogP contribution in [0, 0.1) is 0 Å². The van der Waals surface area contributed by atoms with E-state index in [1.54, 1.807) is 0 Å². The summed E-state index contributed by atoms with van der Waals surface area (Å²) in [5.74, 6) is 0. The maximum Gasteiger partial charge on any atom is 0.145 e. The highest BCUT2D eigenvalue weighted by Crippen LogP contribution is 2.44. The molecule has 0 N–H and O–H groups in total. The predicted octanol–water partition coefficient (Wildman–Crippen LogP) is 12.8. The number of aromatic nitrogens is 2. The average molecular weight is 621 g/mol. The van der Waals surface area contributed by atoms with E-state index in [9.17, 15) is 0 Å². The highest BCUT2D eigenvalue weighted by Gasteiger charge is 2.23. The summed E-state index contributed by atoms with van der Waals surface area (Å²) in [6.45, 7) is 0. The second kappa shape index (κ2) is 9.58. The van der Waals surface area contributed by atoms with Gasteiger partial charge in [0, 0.05) is 52.8 Å². The fraction of sp³-hybridized carbons (Fsp3) is 0.0233. The van der Waals surface area contributed by atoms with Crippen molar-refractivity contribution in [1.29, 1.82) is 0 Å². The second-order valence-corrected chi connectivity index (χ2v) is 13.2. The molecule has 0 fully saturated rings. The van der Waals surface area contributed by atoms with Crippen molar-refractivity contribution in [1.82, 2.24) is 9.13 Å². The number of furan rings is 1. The maximum absolute atomic E-state index is 6.69. The first kappa shape index (κ1) is 26.4. The number of nitrogens with zero attached hydrogens (tertiary/aromatic N) is 2. The molecule has 0 bridgehead atoms. The quantitative estimate of drug-likeness (QED) is 0.189. The smallest absolute Gasteiger partial charge is 0.145 e. The summed E-state index contributed by atoms with van der Waals surface area (Å²) in [6, 6.07) is 52.8. The lowest BCUT2D eigenvalue weighted by Gasteiger charge is -2.14. The van der Waals surface area contributed by atoms with E-state index >= 15 is 0 Å². The summed E-state index contributed by atoms with van der Waals surface area (Å²) >= 11 is 1.85. The van der Waals surface area contributed by atoms with Gasteiger partial charge in [-0.1, -0.05) is 92.4 Å². The molecular weight excluding hydrogens is 593 g/mol. The van der Waals surface area contributed by atoms with Gasteiger partial charge in [0.05, 0.1) is 33.1 Å². The van der Waals surface area contributed by atoms with E-state index in [1.807, 2.05) is 17.4 Å². The normalized spacial score (nSPS) is 12.1. The predicted molar refractivity (Wildman–Crippen MR) is 202 cm³/mol. The van der Waals surface area contributed by atoms with E-state index in [4.69, 9.17) is 4.42 Å². The van der Waals surface area contributed by atoms with Gasteiger partial charge in [-0.2, -0.15) is 0 Å². The Balaban J connectivity index is 0.00000285. The van der Waals surface area contributed by atoms with Gasteiger partial charge in [0.2, 0.25) is 0 Å². The lowest BCUT2D eigenvalue weighted by atomic mass is 10.1. The standard InChI is InChI=1S/C42H24N2OS.CH4/c1-5-15-33-26(10-1)27-11-2-6-16-34(27)44(33)36-17-9-14-31-40-35(22-21-30-28-12-3-7-18-37(28)45-42(30)40)43(41(31)36)25-20-23-39-32(24-25)29-13-4-8-19-38(29)46-39;/h1-24H;1H4. The first-order valence-corrected chi connectivity index (χ1v) is 16.4. The molecule has 11 rings (SSSR count). The molecule has 0 unspecified atom stereocenters. The molecule has 0 amide bonds. The molecule has 0 aliphatic heterocycles. The molecule has 11 aromatic rings. The molecule has 0 saturated carbocycles. The van der Waals surface area contributed by atoms with Crippen LogP contribution >= 0.6 is 11.3 Å². The molecule has 0 aliphatic rings. The van der Waals surface area contributed by atoms with Crippen LogP contribution in [-0.2, 0) is 0 Å². The van der Waals surface area contributed by atoms with Gasteiger partial charge in [0.25, 0.3) is 0 Å². The minimum Gasteiger partial charge on any atom is -0.455 e. The summed E-state index contributed by atoms with van der Waals surface area (Å²) in [7, 11) is 0. The molecule has 4 aromatic heterocycles. The third-order valence-electron chi connectivity index (χ3n) is 9.71. The molecule has 0 atom stereocenters. The van der Waals surface area contributed by atoms with Crippen molar-refractivity contribution in [3.63, 3.8) is 0 Å². The minimum atomic E-state index is 0. The third kappa shape index (κ3) is 3.45. The van der Waals surface area contributed by atoms with Crippen molar-refractivity contribution in [2.75, 3.05) is 0 Å². The van der Waals surface area contributed by atoms with Crippen LogP contribution in [-0.4, -0.2) is 9.13 Å². The summed E-state index contributed by atoms with van der Waals surface area (Å²) in [5.41, 5.74) is 8.82. The molecule has 222 valence electrons. The number of hydrogen-bond acceptors (Lipinski definition) is 2. The molecule has 7 aromatic carbocycles. The zero-order valence-electron chi connectivity index (χ0n) is 24.6.